The van der Waals surface area contributed by atoms with Crippen LogP contribution in [0.15, 0.2) is 12.3 Å². The van der Waals surface area contributed by atoms with Crippen molar-refractivity contribution in [2.24, 2.45) is 12.8 Å². The molecule has 1 heterocycles. The van der Waals surface area contributed by atoms with E-state index in [1.54, 1.807) is 23.9 Å². The van der Waals surface area contributed by atoms with E-state index in [4.69, 9.17) is 17.3 Å². The molecule has 88 valence electrons. The van der Waals surface area contributed by atoms with Crippen molar-refractivity contribution in [3.63, 3.8) is 0 Å². The van der Waals surface area contributed by atoms with Gasteiger partial charge in [-0.25, -0.2) is 0 Å². The molecule has 3 N–H and O–H groups in total. The molecule has 2 rings (SSSR count). The van der Waals surface area contributed by atoms with Crippen molar-refractivity contribution in [3.05, 3.63) is 23.0 Å². The molecule has 1 aromatic rings. The van der Waals surface area contributed by atoms with Gasteiger partial charge in [0.15, 0.2) is 0 Å². The van der Waals surface area contributed by atoms with Crippen LogP contribution in [0.3, 0.4) is 0 Å². The van der Waals surface area contributed by atoms with Gasteiger partial charge in [-0.2, -0.15) is 0 Å². The van der Waals surface area contributed by atoms with E-state index in [1.165, 1.54) is 0 Å². The number of rotatable bonds is 2. The Hall–Kier alpha value is -1.00. The van der Waals surface area contributed by atoms with Crippen molar-refractivity contribution in [1.29, 1.82) is 0 Å². The fourth-order valence-corrected chi connectivity index (χ4v) is 2.41. The molecule has 0 bridgehead atoms. The topological polar surface area (TPSA) is 60.0 Å². The van der Waals surface area contributed by atoms with Gasteiger partial charge in [0.05, 0.1) is 5.02 Å². The average Bonchev–Trinajstić information content (AvgIpc) is 2.74. The highest BCUT2D eigenvalue weighted by atomic mass is 35.5. The van der Waals surface area contributed by atoms with Crippen LogP contribution in [-0.2, 0) is 7.05 Å². The summed E-state index contributed by atoms with van der Waals surface area (Å²) in [4.78, 5) is 11.9. The minimum absolute atomic E-state index is 0.0830. The van der Waals surface area contributed by atoms with Crippen LogP contribution in [-0.4, -0.2) is 22.6 Å². The molecule has 1 aromatic heterocycles. The van der Waals surface area contributed by atoms with Crippen LogP contribution in [0.1, 0.15) is 29.8 Å². The minimum atomic E-state index is -0.100. The lowest BCUT2D eigenvalue weighted by atomic mass is 10.2. The Balaban J connectivity index is 2.05. The van der Waals surface area contributed by atoms with E-state index in [-0.39, 0.29) is 18.0 Å². The predicted molar refractivity (Wildman–Crippen MR) is 63.5 cm³/mol. The van der Waals surface area contributed by atoms with Crippen LogP contribution in [0.5, 0.6) is 0 Å². The molecule has 0 spiro atoms. The predicted octanol–water partition coefficient (Wildman–Crippen LogP) is 1.29. The summed E-state index contributed by atoms with van der Waals surface area (Å²) in [7, 11) is 1.80. The Morgan fingerprint density at radius 2 is 2.38 bits per heavy atom. The summed E-state index contributed by atoms with van der Waals surface area (Å²) in [6.45, 7) is 0. The van der Waals surface area contributed by atoms with Crippen molar-refractivity contribution >= 4 is 17.5 Å². The molecule has 0 aromatic carbocycles. The third-order valence-electron chi connectivity index (χ3n) is 3.09. The lowest BCUT2D eigenvalue weighted by Gasteiger charge is -2.17. The fourth-order valence-electron chi connectivity index (χ4n) is 2.16. The molecule has 4 nitrogen and oxygen atoms in total. The molecular formula is C11H16ClN3O. The average molecular weight is 242 g/mol. The van der Waals surface area contributed by atoms with Gasteiger partial charge in [0, 0.05) is 25.3 Å². The van der Waals surface area contributed by atoms with Gasteiger partial charge in [0.2, 0.25) is 0 Å². The molecule has 0 aliphatic heterocycles. The van der Waals surface area contributed by atoms with Crippen molar-refractivity contribution in [3.8, 4) is 0 Å². The van der Waals surface area contributed by atoms with Crippen LogP contribution in [0.2, 0.25) is 5.02 Å². The molecule has 0 saturated heterocycles. The Bertz CT molecular complexity index is 402. The van der Waals surface area contributed by atoms with Gasteiger partial charge in [0.25, 0.3) is 5.91 Å². The number of nitrogens with zero attached hydrogens (tertiary/aromatic N) is 1. The molecule has 1 aliphatic carbocycles. The van der Waals surface area contributed by atoms with Crippen LogP contribution < -0.4 is 11.1 Å². The molecule has 1 amide bonds. The summed E-state index contributed by atoms with van der Waals surface area (Å²) in [6.07, 6.45) is 4.74. The first kappa shape index (κ1) is 11.5. The molecule has 1 fully saturated rings. The summed E-state index contributed by atoms with van der Waals surface area (Å²) in [5.74, 6) is -0.100. The number of halogens is 1. The fraction of sp³-hybridized carbons (Fsp3) is 0.545. The van der Waals surface area contributed by atoms with Gasteiger partial charge in [0.1, 0.15) is 5.69 Å². The van der Waals surface area contributed by atoms with Gasteiger partial charge in [-0.15, -0.1) is 0 Å². The number of amides is 1. The number of aryl methyl sites for hydroxylation is 1. The van der Waals surface area contributed by atoms with E-state index in [0.29, 0.717) is 10.7 Å². The summed E-state index contributed by atoms with van der Waals surface area (Å²) in [5.41, 5.74) is 6.47. The number of hydrogen-bond donors (Lipinski definition) is 2. The summed E-state index contributed by atoms with van der Waals surface area (Å²) >= 11 is 5.83. The second-order valence-electron chi connectivity index (χ2n) is 4.33. The number of carbonyl (C=O) groups is 1. The maximum Gasteiger partial charge on any atom is 0.268 e. The first-order valence-corrected chi connectivity index (χ1v) is 5.84. The summed E-state index contributed by atoms with van der Waals surface area (Å²) in [6, 6.07) is 1.85. The van der Waals surface area contributed by atoms with E-state index in [2.05, 4.69) is 5.32 Å². The Labute approximate surface area is 99.8 Å². The van der Waals surface area contributed by atoms with Crippen LogP contribution >= 0.6 is 11.6 Å². The zero-order chi connectivity index (χ0) is 11.7. The number of nitrogens with one attached hydrogen (secondary N) is 1. The van der Waals surface area contributed by atoms with Crippen LogP contribution in [0.4, 0.5) is 0 Å². The van der Waals surface area contributed by atoms with Crippen LogP contribution in [0, 0.1) is 0 Å². The summed E-state index contributed by atoms with van der Waals surface area (Å²) < 4.78 is 1.72. The van der Waals surface area contributed by atoms with Crippen LogP contribution in [0.25, 0.3) is 0 Å². The second-order valence-corrected chi connectivity index (χ2v) is 4.77. The van der Waals surface area contributed by atoms with Gasteiger partial charge < -0.3 is 15.6 Å². The van der Waals surface area contributed by atoms with Crippen molar-refractivity contribution in [1.82, 2.24) is 9.88 Å². The molecule has 1 saturated carbocycles. The molecule has 0 radical (unpaired) electrons. The summed E-state index contributed by atoms with van der Waals surface area (Å²) in [5, 5.41) is 3.53. The quantitative estimate of drug-likeness (QED) is 0.820. The third kappa shape index (κ3) is 2.23. The molecule has 2 atom stereocenters. The highest BCUT2D eigenvalue weighted by molar-refractivity contribution is 6.31. The highest BCUT2D eigenvalue weighted by Gasteiger charge is 2.26. The Kier molecular flexibility index (Phi) is 3.21. The van der Waals surface area contributed by atoms with E-state index < -0.39 is 0 Å². The maximum atomic E-state index is 11.9. The maximum absolute atomic E-state index is 11.9. The zero-order valence-corrected chi connectivity index (χ0v) is 10.00. The van der Waals surface area contributed by atoms with Crippen molar-refractivity contribution in [2.45, 2.75) is 31.3 Å². The van der Waals surface area contributed by atoms with E-state index in [0.717, 1.165) is 19.3 Å². The highest BCUT2D eigenvalue weighted by Crippen LogP contribution is 2.18. The molecule has 1 aliphatic rings. The lowest BCUT2D eigenvalue weighted by Crippen LogP contribution is -2.44. The number of nitrogens with two attached hydrogens (primary N) is 1. The molecule has 5 heteroatoms. The monoisotopic (exact) mass is 241 g/mol. The Morgan fingerprint density at radius 1 is 1.62 bits per heavy atom. The van der Waals surface area contributed by atoms with Crippen molar-refractivity contribution < 1.29 is 4.79 Å². The minimum Gasteiger partial charge on any atom is -0.346 e. The SMILES string of the molecule is Cn1cc(Cl)cc1C(=O)NC1CCCC1N. The smallest absolute Gasteiger partial charge is 0.268 e. The normalized spacial score (nSPS) is 24.7. The lowest BCUT2D eigenvalue weighted by molar-refractivity contribution is 0.0926. The molecular weight excluding hydrogens is 226 g/mol. The zero-order valence-electron chi connectivity index (χ0n) is 9.24. The van der Waals surface area contributed by atoms with Crippen molar-refractivity contribution in [2.75, 3.05) is 0 Å². The molecule has 16 heavy (non-hydrogen) atoms. The third-order valence-corrected chi connectivity index (χ3v) is 3.30. The first-order chi connectivity index (χ1) is 7.58. The first-order valence-electron chi connectivity index (χ1n) is 5.46. The van der Waals surface area contributed by atoms with E-state index in [9.17, 15) is 4.79 Å². The largest absolute Gasteiger partial charge is 0.346 e. The van der Waals surface area contributed by atoms with E-state index >= 15 is 0 Å². The van der Waals surface area contributed by atoms with Gasteiger partial charge in [-0.1, -0.05) is 11.6 Å². The van der Waals surface area contributed by atoms with Gasteiger partial charge in [-0.05, 0) is 25.3 Å². The number of hydrogen-bond acceptors (Lipinski definition) is 2. The number of carbonyl (C=O) groups excluding carboxylic acids is 1. The second kappa shape index (κ2) is 4.47. The van der Waals surface area contributed by atoms with Gasteiger partial charge in [-0.3, -0.25) is 4.79 Å². The Morgan fingerprint density at radius 3 is 2.88 bits per heavy atom. The van der Waals surface area contributed by atoms with E-state index in [1.807, 2.05) is 0 Å². The molecule has 2 unspecified atom stereocenters. The van der Waals surface area contributed by atoms with Gasteiger partial charge >= 0.3 is 0 Å². The standard InChI is InChI=1S/C11H16ClN3O/c1-15-6-7(12)5-10(15)11(16)14-9-4-2-3-8(9)13/h5-6,8-9H,2-4,13H2,1H3,(H,14,16). The number of aromatic nitrogens is 1.